The fraction of sp³-hybridized carbons (Fsp3) is 0.111. The molecule has 2 aromatic rings. The van der Waals surface area contributed by atoms with E-state index in [1.165, 1.54) is 0 Å². The number of hydrogen-bond acceptors (Lipinski definition) is 2. The van der Waals surface area contributed by atoms with Crippen LogP contribution in [0, 0.1) is 5.82 Å². The van der Waals surface area contributed by atoms with E-state index in [1.54, 1.807) is 0 Å². The van der Waals surface area contributed by atoms with Crippen LogP contribution in [0.15, 0.2) is 18.3 Å². The molecule has 0 radical (unpaired) electrons. The molecule has 0 amide bonds. The molecule has 0 atom stereocenters. The van der Waals surface area contributed by atoms with Gasteiger partial charge in [-0.25, -0.2) is 4.39 Å². The van der Waals surface area contributed by atoms with E-state index in [0.29, 0.717) is 6.07 Å². The molecule has 0 saturated heterocycles. The number of benzene rings is 1. The van der Waals surface area contributed by atoms with Gasteiger partial charge in [-0.05, 0) is 12.1 Å². The lowest BCUT2D eigenvalue weighted by Crippen LogP contribution is -2.08. The molecule has 0 aliphatic heterocycles. The molecule has 0 spiro atoms. The number of rotatable bonds is 0. The van der Waals surface area contributed by atoms with E-state index in [2.05, 4.69) is 10.2 Å². The molecule has 0 aliphatic rings. The van der Waals surface area contributed by atoms with Crippen molar-refractivity contribution in [2.75, 3.05) is 0 Å². The van der Waals surface area contributed by atoms with Crippen LogP contribution in [-0.4, -0.2) is 10.2 Å². The van der Waals surface area contributed by atoms with Crippen molar-refractivity contribution in [1.82, 2.24) is 10.2 Å². The number of hydrogen-bond donors (Lipinski definition) is 0. The molecule has 0 unspecified atom stereocenters. The molecule has 0 aliphatic carbocycles. The third kappa shape index (κ3) is 1.80. The van der Waals surface area contributed by atoms with Gasteiger partial charge in [0.2, 0.25) is 0 Å². The maximum absolute atomic E-state index is 13.0. The van der Waals surface area contributed by atoms with Crippen molar-refractivity contribution in [3.8, 4) is 0 Å². The molecule has 7 heteroatoms. The first-order valence-electron chi connectivity index (χ1n) is 4.07. The summed E-state index contributed by atoms with van der Waals surface area (Å²) in [5.74, 6) is -1.02. The smallest absolute Gasteiger partial charge is 0.207 e. The van der Waals surface area contributed by atoms with Gasteiger partial charge in [-0.1, -0.05) is 11.6 Å². The van der Waals surface area contributed by atoms with E-state index in [4.69, 9.17) is 11.6 Å². The van der Waals surface area contributed by atoms with Gasteiger partial charge < -0.3 is 0 Å². The second-order valence-corrected chi connectivity index (χ2v) is 3.45. The minimum Gasteiger partial charge on any atom is -0.207 e. The van der Waals surface area contributed by atoms with Crippen molar-refractivity contribution in [3.05, 3.63) is 34.7 Å². The van der Waals surface area contributed by atoms with E-state index >= 15 is 0 Å². The van der Waals surface area contributed by atoms with Crippen molar-refractivity contribution in [2.45, 2.75) is 6.18 Å². The van der Waals surface area contributed by atoms with Crippen molar-refractivity contribution in [2.24, 2.45) is 0 Å². The van der Waals surface area contributed by atoms with Crippen LogP contribution in [0.5, 0.6) is 0 Å². The van der Waals surface area contributed by atoms with Crippen molar-refractivity contribution in [3.63, 3.8) is 0 Å². The lowest BCUT2D eigenvalue weighted by molar-refractivity contribution is -0.136. The number of aromatic nitrogens is 2. The number of nitrogens with zero attached hydrogens (tertiary/aromatic N) is 2. The highest BCUT2D eigenvalue weighted by Crippen LogP contribution is 2.35. The molecule has 1 aromatic heterocycles. The first-order chi connectivity index (χ1) is 7.39. The molecular formula is C9H3ClF4N2. The molecule has 0 fully saturated rings. The number of alkyl halides is 3. The minimum absolute atomic E-state index is 0.0741. The summed E-state index contributed by atoms with van der Waals surface area (Å²) < 4.78 is 50.7. The fourth-order valence-electron chi connectivity index (χ4n) is 1.31. The maximum Gasteiger partial charge on any atom is 0.418 e. The van der Waals surface area contributed by atoms with Crippen LogP contribution in [-0.2, 0) is 6.18 Å². The Hall–Kier alpha value is -1.43. The summed E-state index contributed by atoms with van der Waals surface area (Å²) >= 11 is 5.61. The Labute approximate surface area is 91.9 Å². The lowest BCUT2D eigenvalue weighted by atomic mass is 10.1. The Kier molecular flexibility index (Phi) is 2.46. The summed E-state index contributed by atoms with van der Waals surface area (Å²) in [4.78, 5) is 0. The molecule has 1 aromatic carbocycles. The standard InChI is InChI=1S/C9H3ClF4N2/c10-7-3-15-16-8-5(7)1-4(11)2-6(8)9(12,13)14/h1-3H. The predicted octanol–water partition coefficient (Wildman–Crippen LogP) is 3.44. The molecule has 16 heavy (non-hydrogen) atoms. The lowest BCUT2D eigenvalue weighted by Gasteiger charge is -2.09. The largest absolute Gasteiger partial charge is 0.418 e. The Balaban J connectivity index is 2.89. The average molecular weight is 251 g/mol. The molecule has 2 nitrogen and oxygen atoms in total. The van der Waals surface area contributed by atoms with Crippen molar-refractivity contribution in [1.29, 1.82) is 0 Å². The van der Waals surface area contributed by atoms with Gasteiger partial charge in [-0.2, -0.15) is 18.3 Å². The van der Waals surface area contributed by atoms with Crippen LogP contribution in [0.25, 0.3) is 10.9 Å². The van der Waals surface area contributed by atoms with Crippen LogP contribution in [0.4, 0.5) is 17.6 Å². The van der Waals surface area contributed by atoms with Gasteiger partial charge in [0.05, 0.1) is 16.8 Å². The molecule has 0 bridgehead atoms. The quantitative estimate of drug-likeness (QED) is 0.670. The molecular weight excluding hydrogens is 248 g/mol. The monoisotopic (exact) mass is 250 g/mol. The molecule has 0 N–H and O–H groups in total. The second-order valence-electron chi connectivity index (χ2n) is 3.04. The summed E-state index contributed by atoms with van der Waals surface area (Å²) in [5.41, 5.74) is -1.64. The fourth-order valence-corrected chi connectivity index (χ4v) is 1.50. The maximum atomic E-state index is 13.0. The molecule has 0 saturated carbocycles. The third-order valence-corrected chi connectivity index (χ3v) is 2.27. The van der Waals surface area contributed by atoms with E-state index < -0.39 is 23.1 Å². The van der Waals surface area contributed by atoms with Crippen LogP contribution >= 0.6 is 11.6 Å². The first kappa shape index (κ1) is 11.1. The number of fused-ring (bicyclic) bond motifs is 1. The Morgan fingerprint density at radius 3 is 2.50 bits per heavy atom. The highest BCUT2D eigenvalue weighted by Gasteiger charge is 2.34. The third-order valence-electron chi connectivity index (χ3n) is 1.97. The Bertz CT molecular complexity index is 553. The van der Waals surface area contributed by atoms with Crippen LogP contribution in [0.3, 0.4) is 0 Å². The van der Waals surface area contributed by atoms with Gasteiger partial charge in [-0.15, -0.1) is 5.10 Å². The van der Waals surface area contributed by atoms with Gasteiger partial charge in [0.1, 0.15) is 11.3 Å². The van der Waals surface area contributed by atoms with Gasteiger partial charge in [-0.3, -0.25) is 0 Å². The zero-order chi connectivity index (χ0) is 11.9. The van der Waals surface area contributed by atoms with Gasteiger partial charge in [0.15, 0.2) is 0 Å². The molecule has 1 heterocycles. The highest BCUT2D eigenvalue weighted by molar-refractivity contribution is 6.35. The zero-order valence-corrected chi connectivity index (χ0v) is 8.27. The summed E-state index contributed by atoms with van der Waals surface area (Å²) in [6.45, 7) is 0. The van der Waals surface area contributed by atoms with Gasteiger partial charge >= 0.3 is 6.18 Å². The minimum atomic E-state index is -4.69. The zero-order valence-electron chi connectivity index (χ0n) is 7.52. The molecule has 2 rings (SSSR count). The van der Waals surface area contributed by atoms with E-state index in [-0.39, 0.29) is 10.4 Å². The van der Waals surface area contributed by atoms with E-state index in [0.717, 1.165) is 12.3 Å². The number of halogens is 5. The van der Waals surface area contributed by atoms with E-state index in [9.17, 15) is 17.6 Å². The van der Waals surface area contributed by atoms with Crippen LogP contribution in [0.2, 0.25) is 5.02 Å². The normalized spacial score (nSPS) is 12.1. The van der Waals surface area contributed by atoms with Crippen molar-refractivity contribution < 1.29 is 17.6 Å². The summed E-state index contributed by atoms with van der Waals surface area (Å²) in [5, 5.41) is 6.46. The van der Waals surface area contributed by atoms with Crippen molar-refractivity contribution >= 4 is 22.5 Å². The summed E-state index contributed by atoms with van der Waals surface area (Å²) in [6, 6.07) is 1.26. The van der Waals surface area contributed by atoms with Crippen LogP contribution in [0.1, 0.15) is 5.56 Å². The summed E-state index contributed by atoms with van der Waals surface area (Å²) in [6.07, 6.45) is -3.64. The Morgan fingerprint density at radius 1 is 1.19 bits per heavy atom. The Morgan fingerprint density at radius 2 is 1.88 bits per heavy atom. The highest BCUT2D eigenvalue weighted by atomic mass is 35.5. The topological polar surface area (TPSA) is 25.8 Å². The van der Waals surface area contributed by atoms with Gasteiger partial charge in [0.25, 0.3) is 0 Å². The van der Waals surface area contributed by atoms with Crippen LogP contribution < -0.4 is 0 Å². The molecule has 84 valence electrons. The van der Waals surface area contributed by atoms with Gasteiger partial charge in [0, 0.05) is 5.39 Å². The predicted molar refractivity (Wildman–Crippen MR) is 49.5 cm³/mol. The first-order valence-corrected chi connectivity index (χ1v) is 4.45. The average Bonchev–Trinajstić information content (AvgIpc) is 2.17. The van der Waals surface area contributed by atoms with E-state index in [1.807, 2.05) is 0 Å². The SMILES string of the molecule is Fc1cc(C(F)(F)F)c2nncc(Cl)c2c1. The second kappa shape index (κ2) is 3.55. The summed E-state index contributed by atoms with van der Waals surface area (Å²) in [7, 11) is 0.